The molecular formula is C11H13ClN4O. The summed E-state index contributed by atoms with van der Waals surface area (Å²) >= 11 is 5.78. The Balaban J connectivity index is 1.97. The van der Waals surface area contributed by atoms with Crippen molar-refractivity contribution in [1.82, 2.24) is 10.2 Å². The van der Waals surface area contributed by atoms with Crippen molar-refractivity contribution >= 4 is 23.5 Å². The summed E-state index contributed by atoms with van der Waals surface area (Å²) in [5, 5.41) is 10.0. The lowest BCUT2D eigenvalue weighted by Crippen LogP contribution is -2.10. The molecular weight excluding hydrogens is 240 g/mol. The Morgan fingerprint density at radius 3 is 3.24 bits per heavy atom. The van der Waals surface area contributed by atoms with Gasteiger partial charge in [0, 0.05) is 6.21 Å². The van der Waals surface area contributed by atoms with Crippen molar-refractivity contribution < 1.29 is 0 Å². The van der Waals surface area contributed by atoms with Crippen LogP contribution in [0.3, 0.4) is 0 Å². The maximum Gasteiger partial charge on any atom is 0.285 e. The summed E-state index contributed by atoms with van der Waals surface area (Å²) in [6, 6.07) is 0. The minimum Gasteiger partial charge on any atom is -0.275 e. The van der Waals surface area contributed by atoms with Gasteiger partial charge in [0.2, 0.25) is 0 Å². The van der Waals surface area contributed by atoms with Crippen LogP contribution in [0.2, 0.25) is 5.02 Å². The second-order valence-corrected chi connectivity index (χ2v) is 4.24. The molecule has 17 heavy (non-hydrogen) atoms. The number of aromatic nitrogens is 2. The molecule has 0 spiro atoms. The Bertz CT molecular complexity index is 494. The van der Waals surface area contributed by atoms with E-state index in [1.54, 1.807) is 0 Å². The standard InChI is InChI=1S/C11H13ClN4O/c12-10-9(7-14-16-11(10)17)15-13-6-8-4-2-1-3-5-8/h1-2,6-8H,3-5H2,(H2,15,16,17). The molecule has 1 aromatic rings. The molecule has 0 saturated heterocycles. The quantitative estimate of drug-likeness (QED) is 0.492. The van der Waals surface area contributed by atoms with Gasteiger partial charge in [-0.15, -0.1) is 0 Å². The van der Waals surface area contributed by atoms with Crippen LogP contribution >= 0.6 is 11.6 Å². The topological polar surface area (TPSA) is 70.1 Å². The number of hydrazone groups is 1. The van der Waals surface area contributed by atoms with Crippen LogP contribution in [0.25, 0.3) is 0 Å². The predicted octanol–water partition coefficient (Wildman–Crippen LogP) is 2.18. The number of nitrogens with one attached hydrogen (secondary N) is 2. The summed E-state index contributed by atoms with van der Waals surface area (Å²) in [7, 11) is 0. The first kappa shape index (κ1) is 11.9. The number of aromatic amines is 1. The van der Waals surface area contributed by atoms with Crippen molar-refractivity contribution in [3.05, 3.63) is 33.7 Å². The van der Waals surface area contributed by atoms with Crippen LogP contribution in [0, 0.1) is 5.92 Å². The van der Waals surface area contributed by atoms with Crippen LogP contribution in [0.5, 0.6) is 0 Å². The Kier molecular flexibility index (Phi) is 3.93. The van der Waals surface area contributed by atoms with Crippen molar-refractivity contribution in [2.75, 3.05) is 5.43 Å². The minimum atomic E-state index is -0.424. The monoisotopic (exact) mass is 252 g/mol. The largest absolute Gasteiger partial charge is 0.285 e. The van der Waals surface area contributed by atoms with Gasteiger partial charge in [0.1, 0.15) is 10.7 Å². The van der Waals surface area contributed by atoms with E-state index in [1.807, 2.05) is 6.21 Å². The highest BCUT2D eigenvalue weighted by Gasteiger charge is 2.07. The SMILES string of the molecule is O=c1[nH]ncc(NN=CC2CC=CCC2)c1Cl. The Morgan fingerprint density at radius 2 is 2.47 bits per heavy atom. The second kappa shape index (κ2) is 5.63. The van der Waals surface area contributed by atoms with Gasteiger partial charge in [-0.1, -0.05) is 23.8 Å². The van der Waals surface area contributed by atoms with Gasteiger partial charge in [-0.2, -0.15) is 10.2 Å². The Labute approximate surface area is 104 Å². The van der Waals surface area contributed by atoms with Gasteiger partial charge in [0.25, 0.3) is 5.56 Å². The summed E-state index contributed by atoms with van der Waals surface area (Å²) in [4.78, 5) is 11.2. The van der Waals surface area contributed by atoms with E-state index in [0.717, 1.165) is 19.3 Å². The maximum absolute atomic E-state index is 11.2. The molecule has 0 bridgehead atoms. The number of allylic oxidation sites excluding steroid dienone is 2. The first-order valence-corrected chi connectivity index (χ1v) is 5.82. The number of halogens is 1. The molecule has 0 saturated carbocycles. The van der Waals surface area contributed by atoms with Crippen molar-refractivity contribution in [3.8, 4) is 0 Å². The van der Waals surface area contributed by atoms with E-state index in [1.165, 1.54) is 6.20 Å². The van der Waals surface area contributed by atoms with Crippen LogP contribution in [0.4, 0.5) is 5.69 Å². The van der Waals surface area contributed by atoms with Crippen LogP contribution in [-0.2, 0) is 0 Å². The summed E-state index contributed by atoms with van der Waals surface area (Å²) in [5.41, 5.74) is 2.72. The highest BCUT2D eigenvalue weighted by molar-refractivity contribution is 6.32. The van der Waals surface area contributed by atoms with Gasteiger partial charge >= 0.3 is 0 Å². The minimum absolute atomic E-state index is 0.0701. The molecule has 0 fully saturated rings. The molecule has 2 N–H and O–H groups in total. The number of H-pyrrole nitrogens is 1. The highest BCUT2D eigenvalue weighted by atomic mass is 35.5. The average Bonchev–Trinajstić information content (AvgIpc) is 2.36. The molecule has 2 rings (SSSR count). The van der Waals surface area contributed by atoms with Crippen molar-refractivity contribution in [2.24, 2.45) is 11.0 Å². The Hall–Kier alpha value is -1.62. The summed E-state index contributed by atoms with van der Waals surface area (Å²) in [5.74, 6) is 0.446. The zero-order valence-corrected chi connectivity index (χ0v) is 9.94. The summed E-state index contributed by atoms with van der Waals surface area (Å²) in [6.45, 7) is 0. The third kappa shape index (κ3) is 3.17. The van der Waals surface area contributed by atoms with Gasteiger partial charge in [0.05, 0.1) is 6.20 Å². The van der Waals surface area contributed by atoms with E-state index in [2.05, 4.69) is 32.9 Å². The van der Waals surface area contributed by atoms with Gasteiger partial charge in [-0.05, 0) is 25.2 Å². The van der Waals surface area contributed by atoms with Crippen LogP contribution in [-0.4, -0.2) is 16.4 Å². The van der Waals surface area contributed by atoms with Gasteiger partial charge < -0.3 is 0 Å². The molecule has 1 atom stereocenters. The first-order chi connectivity index (χ1) is 8.27. The molecule has 90 valence electrons. The van der Waals surface area contributed by atoms with Crippen molar-refractivity contribution in [1.29, 1.82) is 0 Å². The third-order valence-electron chi connectivity index (χ3n) is 2.58. The maximum atomic E-state index is 11.2. The third-order valence-corrected chi connectivity index (χ3v) is 2.95. The van der Waals surface area contributed by atoms with Crippen LogP contribution in [0.15, 0.2) is 28.2 Å². The fraction of sp³-hybridized carbons (Fsp3) is 0.364. The molecule has 0 radical (unpaired) electrons. The van der Waals surface area contributed by atoms with Gasteiger partial charge in [0.15, 0.2) is 0 Å². The lowest BCUT2D eigenvalue weighted by atomic mass is 9.96. The number of anilines is 1. The van der Waals surface area contributed by atoms with Crippen molar-refractivity contribution in [3.63, 3.8) is 0 Å². The molecule has 5 nitrogen and oxygen atoms in total. The molecule has 1 aliphatic carbocycles. The zero-order valence-electron chi connectivity index (χ0n) is 9.19. The summed E-state index contributed by atoms with van der Waals surface area (Å²) in [6.07, 6.45) is 10.8. The molecule has 6 heteroatoms. The number of hydrogen-bond acceptors (Lipinski definition) is 4. The smallest absolute Gasteiger partial charge is 0.275 e. The van der Waals surface area contributed by atoms with E-state index >= 15 is 0 Å². The lowest BCUT2D eigenvalue weighted by molar-refractivity contribution is 0.627. The molecule has 0 amide bonds. The molecule has 1 unspecified atom stereocenters. The zero-order chi connectivity index (χ0) is 12.1. The molecule has 0 aliphatic heterocycles. The van der Waals surface area contributed by atoms with Gasteiger partial charge in [-0.25, -0.2) is 5.10 Å². The first-order valence-electron chi connectivity index (χ1n) is 5.45. The number of rotatable bonds is 3. The highest BCUT2D eigenvalue weighted by Crippen LogP contribution is 2.17. The molecule has 1 aliphatic rings. The fourth-order valence-electron chi connectivity index (χ4n) is 1.63. The van der Waals surface area contributed by atoms with Crippen LogP contribution < -0.4 is 11.0 Å². The van der Waals surface area contributed by atoms with E-state index in [9.17, 15) is 4.79 Å². The normalized spacial score (nSPS) is 19.7. The fourth-order valence-corrected chi connectivity index (χ4v) is 1.76. The van der Waals surface area contributed by atoms with Crippen LogP contribution in [0.1, 0.15) is 19.3 Å². The Morgan fingerprint density at radius 1 is 1.59 bits per heavy atom. The number of hydrogen-bond donors (Lipinski definition) is 2. The van der Waals surface area contributed by atoms with E-state index in [0.29, 0.717) is 11.6 Å². The summed E-state index contributed by atoms with van der Waals surface area (Å²) < 4.78 is 0. The van der Waals surface area contributed by atoms with E-state index < -0.39 is 5.56 Å². The lowest BCUT2D eigenvalue weighted by Gasteiger charge is -2.11. The molecule has 1 heterocycles. The van der Waals surface area contributed by atoms with Gasteiger partial charge in [-0.3, -0.25) is 10.2 Å². The van der Waals surface area contributed by atoms with E-state index in [4.69, 9.17) is 11.6 Å². The number of nitrogens with zero attached hydrogens (tertiary/aromatic N) is 2. The van der Waals surface area contributed by atoms with Crippen molar-refractivity contribution in [2.45, 2.75) is 19.3 Å². The average molecular weight is 253 g/mol. The van der Waals surface area contributed by atoms with E-state index in [-0.39, 0.29) is 5.02 Å². The second-order valence-electron chi connectivity index (χ2n) is 3.86. The molecule has 0 aromatic carbocycles. The molecule has 1 aromatic heterocycles. The predicted molar refractivity (Wildman–Crippen MR) is 68.5 cm³/mol.